The molecule has 1 aromatic carbocycles. The Morgan fingerprint density at radius 2 is 1.90 bits per heavy atom. The molecule has 0 amide bonds. The topological polar surface area (TPSA) is 77.0 Å². The second kappa shape index (κ2) is 13.4. The van der Waals surface area contributed by atoms with Crippen LogP contribution in [0.15, 0.2) is 35.3 Å². The van der Waals surface area contributed by atoms with Crippen LogP contribution in [0.1, 0.15) is 31.7 Å². The summed E-state index contributed by atoms with van der Waals surface area (Å²) in [6, 6.07) is 11.0. The minimum Gasteiger partial charge on any atom is -0.356 e. The van der Waals surface area contributed by atoms with Gasteiger partial charge in [0.1, 0.15) is 0 Å². The zero-order valence-corrected chi connectivity index (χ0v) is 20.9. The zero-order valence-electron chi connectivity index (χ0n) is 17.8. The van der Waals surface area contributed by atoms with Gasteiger partial charge in [0.15, 0.2) is 5.96 Å². The van der Waals surface area contributed by atoms with Gasteiger partial charge in [-0.3, -0.25) is 9.89 Å². The van der Waals surface area contributed by atoms with Crippen LogP contribution in [0, 0.1) is 0 Å². The number of sulfonamides is 1. The summed E-state index contributed by atoms with van der Waals surface area (Å²) in [5, 5.41) is 6.81. The summed E-state index contributed by atoms with van der Waals surface area (Å²) in [5.41, 5.74) is 1.36. The van der Waals surface area contributed by atoms with E-state index in [1.54, 1.807) is 7.05 Å². The number of hydrogen-bond donors (Lipinski definition) is 2. The molecule has 2 rings (SSSR count). The molecule has 0 bridgehead atoms. The molecule has 1 aliphatic heterocycles. The molecule has 2 N–H and O–H groups in total. The third kappa shape index (κ3) is 9.63. The van der Waals surface area contributed by atoms with E-state index in [0.29, 0.717) is 25.7 Å². The first kappa shape index (κ1) is 26.1. The van der Waals surface area contributed by atoms with Crippen LogP contribution in [0.2, 0.25) is 0 Å². The van der Waals surface area contributed by atoms with Crippen molar-refractivity contribution in [1.82, 2.24) is 19.8 Å². The normalized spacial score (nSPS) is 16.5. The number of benzene rings is 1. The van der Waals surface area contributed by atoms with Gasteiger partial charge in [0.05, 0.1) is 6.26 Å². The monoisotopic (exact) mass is 537 g/mol. The van der Waals surface area contributed by atoms with Crippen molar-refractivity contribution in [3.8, 4) is 0 Å². The molecule has 9 heteroatoms. The van der Waals surface area contributed by atoms with Crippen molar-refractivity contribution in [2.45, 2.75) is 38.8 Å². The van der Waals surface area contributed by atoms with E-state index in [0.717, 1.165) is 44.9 Å². The fourth-order valence-corrected chi connectivity index (χ4v) is 4.42. The summed E-state index contributed by atoms with van der Waals surface area (Å²) >= 11 is 0. The lowest BCUT2D eigenvalue weighted by Gasteiger charge is -2.33. The highest BCUT2D eigenvalue weighted by molar-refractivity contribution is 14.0. The third-order valence-electron chi connectivity index (χ3n) is 5.10. The van der Waals surface area contributed by atoms with Crippen molar-refractivity contribution in [1.29, 1.82) is 0 Å². The average molecular weight is 538 g/mol. The molecule has 0 unspecified atom stereocenters. The Bertz CT molecular complexity index is 707. The Morgan fingerprint density at radius 3 is 2.45 bits per heavy atom. The van der Waals surface area contributed by atoms with Crippen LogP contribution < -0.4 is 10.6 Å². The summed E-state index contributed by atoms with van der Waals surface area (Å²) in [6.07, 6.45) is 4.18. The highest BCUT2D eigenvalue weighted by Gasteiger charge is 2.20. The van der Waals surface area contributed by atoms with Gasteiger partial charge >= 0.3 is 0 Å². The minimum atomic E-state index is -3.12. The molecule has 0 aromatic heterocycles. The van der Waals surface area contributed by atoms with Crippen LogP contribution in [0.4, 0.5) is 0 Å². The van der Waals surface area contributed by atoms with Crippen molar-refractivity contribution in [2.24, 2.45) is 4.99 Å². The van der Waals surface area contributed by atoms with Crippen LogP contribution in [-0.2, 0) is 16.6 Å². The number of halogens is 1. The van der Waals surface area contributed by atoms with Gasteiger partial charge in [0.2, 0.25) is 10.0 Å². The van der Waals surface area contributed by atoms with Crippen LogP contribution in [0.3, 0.4) is 0 Å². The molecule has 1 fully saturated rings. The van der Waals surface area contributed by atoms with Gasteiger partial charge in [-0.15, -0.1) is 24.0 Å². The molecule has 166 valence electrons. The molecule has 0 saturated carbocycles. The summed E-state index contributed by atoms with van der Waals surface area (Å²) in [7, 11) is -1.34. The number of guanidine groups is 1. The van der Waals surface area contributed by atoms with Gasteiger partial charge in [-0.1, -0.05) is 37.3 Å². The molecule has 1 saturated heterocycles. The lowest BCUT2D eigenvalue weighted by Crippen LogP contribution is -2.48. The van der Waals surface area contributed by atoms with Crippen LogP contribution >= 0.6 is 24.0 Å². The molecular formula is C20H36IN5O2S. The number of likely N-dealkylation sites (tertiary alicyclic amines) is 1. The second-order valence-corrected chi connectivity index (χ2v) is 9.27. The number of piperidine rings is 1. The Morgan fingerprint density at radius 1 is 1.24 bits per heavy atom. The first-order valence-electron chi connectivity index (χ1n) is 10.1. The SMILES string of the molecule is CCN(CCCNC(=NC)NC1CCN(Cc2ccccc2)CC1)S(C)(=O)=O.I. The summed E-state index contributed by atoms with van der Waals surface area (Å²) in [4.78, 5) is 6.80. The van der Waals surface area contributed by atoms with E-state index in [1.807, 2.05) is 6.92 Å². The van der Waals surface area contributed by atoms with E-state index in [1.165, 1.54) is 16.1 Å². The van der Waals surface area contributed by atoms with Gasteiger partial charge in [-0.2, -0.15) is 0 Å². The van der Waals surface area contributed by atoms with E-state index < -0.39 is 10.0 Å². The van der Waals surface area contributed by atoms with E-state index in [2.05, 4.69) is 50.9 Å². The maximum Gasteiger partial charge on any atom is 0.211 e. The fraction of sp³-hybridized carbons (Fsp3) is 0.650. The lowest BCUT2D eigenvalue weighted by molar-refractivity contribution is 0.198. The number of aliphatic imine (C=N–C) groups is 1. The average Bonchev–Trinajstić information content (AvgIpc) is 2.68. The predicted octanol–water partition coefficient (Wildman–Crippen LogP) is 2.11. The van der Waals surface area contributed by atoms with Gasteiger partial charge in [-0.25, -0.2) is 12.7 Å². The Balaban J connectivity index is 0.00000420. The Labute approximate surface area is 193 Å². The molecular weight excluding hydrogens is 501 g/mol. The lowest BCUT2D eigenvalue weighted by atomic mass is 10.0. The largest absolute Gasteiger partial charge is 0.356 e. The standard InChI is InChI=1S/C20H35N5O2S.HI/c1-4-25(28(3,26)27)14-8-13-22-20(21-2)23-19-11-15-24(16-12-19)17-18-9-6-5-7-10-18;/h5-7,9-10,19H,4,8,11-17H2,1-3H3,(H2,21,22,23);1H. The first-order valence-corrected chi connectivity index (χ1v) is 12.0. The van der Waals surface area contributed by atoms with E-state index in [9.17, 15) is 8.42 Å². The van der Waals surface area contributed by atoms with Gasteiger partial charge in [0, 0.05) is 52.4 Å². The molecule has 0 atom stereocenters. The quantitative estimate of drug-likeness (QED) is 0.219. The molecule has 1 aromatic rings. The molecule has 1 heterocycles. The molecule has 1 aliphatic rings. The van der Waals surface area contributed by atoms with Gasteiger partial charge < -0.3 is 10.6 Å². The number of nitrogens with one attached hydrogen (secondary N) is 2. The van der Waals surface area contributed by atoms with E-state index in [4.69, 9.17) is 0 Å². The molecule has 7 nitrogen and oxygen atoms in total. The van der Waals surface area contributed by atoms with E-state index in [-0.39, 0.29) is 24.0 Å². The maximum atomic E-state index is 11.6. The van der Waals surface area contributed by atoms with Crippen molar-refractivity contribution in [2.75, 3.05) is 46.0 Å². The van der Waals surface area contributed by atoms with Crippen molar-refractivity contribution in [3.05, 3.63) is 35.9 Å². The fourth-order valence-electron chi connectivity index (χ4n) is 3.49. The second-order valence-electron chi connectivity index (χ2n) is 7.29. The minimum absolute atomic E-state index is 0. The Hall–Kier alpha value is -0.910. The van der Waals surface area contributed by atoms with Crippen molar-refractivity contribution in [3.63, 3.8) is 0 Å². The molecule has 0 radical (unpaired) electrons. The van der Waals surface area contributed by atoms with Crippen molar-refractivity contribution < 1.29 is 8.42 Å². The summed E-state index contributed by atoms with van der Waals surface area (Å²) in [5.74, 6) is 0.795. The first-order chi connectivity index (χ1) is 13.4. The van der Waals surface area contributed by atoms with Crippen LogP contribution in [0.25, 0.3) is 0 Å². The highest BCUT2D eigenvalue weighted by atomic mass is 127. The van der Waals surface area contributed by atoms with Crippen LogP contribution in [0.5, 0.6) is 0 Å². The Kier molecular flexibility index (Phi) is 12.1. The third-order valence-corrected chi connectivity index (χ3v) is 6.48. The van der Waals surface area contributed by atoms with E-state index >= 15 is 0 Å². The smallest absolute Gasteiger partial charge is 0.211 e. The molecule has 0 aliphatic carbocycles. The number of hydrogen-bond acceptors (Lipinski definition) is 4. The van der Waals surface area contributed by atoms with Crippen LogP contribution in [-0.4, -0.2) is 75.7 Å². The highest BCUT2D eigenvalue weighted by Crippen LogP contribution is 2.13. The summed E-state index contributed by atoms with van der Waals surface area (Å²) < 4.78 is 24.7. The predicted molar refractivity (Wildman–Crippen MR) is 131 cm³/mol. The summed E-state index contributed by atoms with van der Waals surface area (Å²) in [6.45, 7) is 6.74. The molecule has 0 spiro atoms. The maximum absolute atomic E-state index is 11.6. The number of rotatable bonds is 9. The zero-order chi connectivity index (χ0) is 20.4. The number of nitrogens with zero attached hydrogens (tertiary/aromatic N) is 3. The van der Waals surface area contributed by atoms with Gasteiger partial charge in [0.25, 0.3) is 0 Å². The molecule has 29 heavy (non-hydrogen) atoms. The van der Waals surface area contributed by atoms with Crippen molar-refractivity contribution >= 4 is 40.0 Å². The van der Waals surface area contributed by atoms with Gasteiger partial charge in [-0.05, 0) is 24.8 Å².